The number of methoxy groups -OCH3 is 2. The van der Waals surface area contributed by atoms with Gasteiger partial charge < -0.3 is 19.7 Å². The number of alkyl halides is 3. The summed E-state index contributed by atoms with van der Waals surface area (Å²) in [6, 6.07) is 11.3. The van der Waals surface area contributed by atoms with E-state index in [9.17, 15) is 14.4 Å². The molecule has 2 aromatic carbocycles. The summed E-state index contributed by atoms with van der Waals surface area (Å²) in [4.78, 5) is 41.9. The Balaban J connectivity index is 1.83. The van der Waals surface area contributed by atoms with Gasteiger partial charge in [-0.1, -0.05) is 49.6 Å². The van der Waals surface area contributed by atoms with Crippen LogP contribution < -0.4 is 14.8 Å². The Morgan fingerprint density at radius 1 is 0.974 bits per heavy atom. The zero-order valence-electron chi connectivity index (χ0n) is 22.1. The van der Waals surface area contributed by atoms with E-state index in [1.807, 2.05) is 5.32 Å². The van der Waals surface area contributed by atoms with Gasteiger partial charge in [-0.2, -0.15) is 13.2 Å². The Morgan fingerprint density at radius 2 is 1.62 bits per heavy atom. The average molecular weight is 545 g/mol. The first-order valence-electron chi connectivity index (χ1n) is 12.8. The van der Waals surface area contributed by atoms with Gasteiger partial charge in [0.1, 0.15) is 0 Å². The Bertz CT molecular complexity index is 1290. The highest BCUT2D eigenvalue weighted by molar-refractivity contribution is 6.19. The lowest BCUT2D eigenvalue weighted by Gasteiger charge is -2.34. The molecule has 2 aromatic rings. The van der Waals surface area contributed by atoms with E-state index in [-0.39, 0.29) is 40.8 Å². The summed E-state index contributed by atoms with van der Waals surface area (Å²) in [7, 11) is 2.70. The van der Waals surface area contributed by atoms with Crippen molar-refractivity contribution in [3.63, 3.8) is 0 Å². The molecule has 1 atom stereocenters. The number of carbonyl (C=O) groups is 3. The molecule has 0 radical (unpaired) electrons. The minimum absolute atomic E-state index is 0.00341. The maximum absolute atomic E-state index is 15.2. The van der Waals surface area contributed by atoms with Crippen molar-refractivity contribution in [3.8, 4) is 11.5 Å². The molecule has 2 amide bonds. The Labute approximate surface area is 225 Å². The maximum Gasteiger partial charge on any atom is 0.425 e. The number of nitrogens with one attached hydrogen (secondary N) is 1. The van der Waals surface area contributed by atoms with Gasteiger partial charge in [0.05, 0.1) is 19.8 Å². The minimum Gasteiger partial charge on any atom is -0.493 e. The molecule has 2 aliphatic rings. The maximum atomic E-state index is 15.2. The highest BCUT2D eigenvalue weighted by Crippen LogP contribution is 2.47. The fraction of sp³-hybridized carbons (Fsp3) is 0.414. The number of ether oxygens (including phenoxy) is 2. The van der Waals surface area contributed by atoms with E-state index < -0.39 is 34.9 Å². The van der Waals surface area contributed by atoms with Crippen molar-refractivity contribution in [2.75, 3.05) is 20.8 Å². The monoisotopic (exact) mass is 544 g/mol. The van der Waals surface area contributed by atoms with Crippen molar-refractivity contribution in [1.82, 2.24) is 10.2 Å². The van der Waals surface area contributed by atoms with Crippen LogP contribution in [-0.2, 0) is 4.79 Å². The van der Waals surface area contributed by atoms with Crippen LogP contribution in [-0.4, -0.2) is 55.0 Å². The third-order valence-electron chi connectivity index (χ3n) is 7.51. The van der Waals surface area contributed by atoms with Gasteiger partial charge in [-0.15, -0.1) is 0 Å². The molecule has 10 heteroatoms. The van der Waals surface area contributed by atoms with Crippen molar-refractivity contribution in [1.29, 1.82) is 0 Å². The summed E-state index contributed by atoms with van der Waals surface area (Å²) in [6.45, 7) is 1.38. The number of ketones is 1. The average Bonchev–Trinajstić information content (AvgIpc) is 3.15. The van der Waals surface area contributed by atoms with Gasteiger partial charge in [0, 0.05) is 23.4 Å². The van der Waals surface area contributed by atoms with Crippen LogP contribution in [0.15, 0.2) is 59.8 Å². The number of halogens is 3. The molecule has 1 heterocycles. The summed E-state index contributed by atoms with van der Waals surface area (Å²) in [5, 5.41) is 1.96. The summed E-state index contributed by atoms with van der Waals surface area (Å²) in [6.07, 6.45) is -0.896. The third kappa shape index (κ3) is 5.12. The van der Waals surface area contributed by atoms with Crippen LogP contribution in [0, 0.1) is 5.92 Å². The predicted octanol–water partition coefficient (Wildman–Crippen LogP) is 5.31. The molecule has 0 aromatic heterocycles. The van der Waals surface area contributed by atoms with Crippen LogP contribution in [0.25, 0.3) is 0 Å². The van der Waals surface area contributed by atoms with E-state index in [1.54, 1.807) is 6.07 Å². The number of amides is 2. The summed E-state index contributed by atoms with van der Waals surface area (Å²) in [5.74, 6) is -3.16. The topological polar surface area (TPSA) is 84.9 Å². The van der Waals surface area contributed by atoms with E-state index in [1.165, 1.54) is 63.6 Å². The largest absolute Gasteiger partial charge is 0.493 e. The van der Waals surface area contributed by atoms with E-state index in [2.05, 4.69) is 0 Å². The second kappa shape index (κ2) is 11.1. The summed E-state index contributed by atoms with van der Waals surface area (Å²) < 4.78 is 55.8. The fourth-order valence-corrected chi connectivity index (χ4v) is 5.45. The molecule has 1 saturated carbocycles. The molecule has 7 nitrogen and oxygen atoms in total. The van der Waals surface area contributed by atoms with Gasteiger partial charge in [-0.05, 0) is 43.9 Å². The number of nitrogens with zero attached hydrogens (tertiary/aromatic N) is 1. The lowest BCUT2D eigenvalue weighted by atomic mass is 9.84. The van der Waals surface area contributed by atoms with E-state index in [0.717, 1.165) is 37.0 Å². The Morgan fingerprint density at radius 3 is 2.21 bits per heavy atom. The molecule has 1 fully saturated rings. The molecule has 208 valence electrons. The zero-order valence-corrected chi connectivity index (χ0v) is 22.1. The van der Waals surface area contributed by atoms with E-state index in [4.69, 9.17) is 9.47 Å². The molecule has 0 saturated heterocycles. The molecule has 4 rings (SSSR count). The highest BCUT2D eigenvalue weighted by atomic mass is 19.4. The Kier molecular flexibility index (Phi) is 8.04. The second-order valence-corrected chi connectivity index (χ2v) is 9.85. The predicted molar refractivity (Wildman–Crippen MR) is 138 cm³/mol. The van der Waals surface area contributed by atoms with Crippen LogP contribution in [0.3, 0.4) is 0 Å². The van der Waals surface area contributed by atoms with Gasteiger partial charge in [0.25, 0.3) is 11.8 Å². The number of hydrogen-bond acceptors (Lipinski definition) is 5. The van der Waals surface area contributed by atoms with E-state index in [0.29, 0.717) is 0 Å². The lowest BCUT2D eigenvalue weighted by molar-refractivity contribution is -0.189. The van der Waals surface area contributed by atoms with Crippen LogP contribution in [0.2, 0.25) is 0 Å². The van der Waals surface area contributed by atoms with Crippen LogP contribution in [0.5, 0.6) is 11.5 Å². The molecule has 0 spiro atoms. The van der Waals surface area contributed by atoms with Crippen molar-refractivity contribution in [2.24, 2.45) is 5.92 Å². The number of carbonyl (C=O) groups excluding carboxylic acids is 3. The van der Waals surface area contributed by atoms with Crippen molar-refractivity contribution in [3.05, 3.63) is 70.9 Å². The molecule has 1 aliphatic carbocycles. The normalized spacial score (nSPS) is 20.3. The summed E-state index contributed by atoms with van der Waals surface area (Å²) >= 11 is 0. The smallest absolute Gasteiger partial charge is 0.425 e. The van der Waals surface area contributed by atoms with Crippen LogP contribution in [0.4, 0.5) is 13.2 Å². The van der Waals surface area contributed by atoms with Crippen molar-refractivity contribution < 1.29 is 37.0 Å². The standard InChI is InChI=1S/C29H31F3N2O5/c1-18-24(25(35)20-12-8-5-9-13-20)28(29(30,31)32,27(37)34(18)17-19-10-6-4-7-11-19)33-26(36)21-14-15-22(38-2)23(16-21)39-3/h5,8-9,12-16,19H,4,6-7,10-11,17H2,1-3H3,(H,33,36)/t28-/m0/s1. The number of hydrogen-bond donors (Lipinski definition) is 1. The number of allylic oxidation sites excluding steroid dienone is 1. The second-order valence-electron chi connectivity index (χ2n) is 9.85. The molecule has 1 N–H and O–H groups in total. The van der Waals surface area contributed by atoms with Crippen molar-refractivity contribution >= 4 is 17.6 Å². The fourth-order valence-electron chi connectivity index (χ4n) is 5.45. The highest BCUT2D eigenvalue weighted by Gasteiger charge is 2.70. The SMILES string of the molecule is COc1ccc(C(=O)N[C@]2(C(F)(F)F)C(=O)N(CC3CCCCC3)C(C)=C2C(=O)c2ccccc2)cc1OC. The summed E-state index contributed by atoms with van der Waals surface area (Å²) in [5.41, 5.74) is -4.68. The van der Waals surface area contributed by atoms with Gasteiger partial charge in [0.15, 0.2) is 17.3 Å². The first-order valence-corrected chi connectivity index (χ1v) is 12.8. The van der Waals surface area contributed by atoms with Gasteiger partial charge in [0.2, 0.25) is 5.54 Å². The van der Waals surface area contributed by atoms with Gasteiger partial charge in [-0.3, -0.25) is 14.4 Å². The number of Topliss-reactive ketones (excluding diaryl/α,β-unsaturated/α-hetero) is 1. The zero-order chi connectivity index (χ0) is 28.4. The van der Waals surface area contributed by atoms with Crippen molar-refractivity contribution in [2.45, 2.75) is 50.7 Å². The molecule has 39 heavy (non-hydrogen) atoms. The van der Waals surface area contributed by atoms with E-state index >= 15 is 13.2 Å². The quantitative estimate of drug-likeness (QED) is 0.455. The van der Waals surface area contributed by atoms with Gasteiger partial charge in [-0.25, -0.2) is 0 Å². The minimum atomic E-state index is -5.32. The molecule has 0 bridgehead atoms. The number of rotatable bonds is 8. The van der Waals surface area contributed by atoms with Crippen LogP contribution in [0.1, 0.15) is 59.7 Å². The third-order valence-corrected chi connectivity index (χ3v) is 7.51. The molecule has 1 aliphatic heterocycles. The first-order chi connectivity index (χ1) is 18.5. The number of benzene rings is 2. The molecule has 0 unspecified atom stereocenters. The van der Waals surface area contributed by atoms with Gasteiger partial charge >= 0.3 is 6.18 Å². The Hall–Kier alpha value is -3.82. The molecular weight excluding hydrogens is 513 g/mol. The lowest BCUT2D eigenvalue weighted by Crippen LogP contribution is -2.66. The molecular formula is C29H31F3N2O5. The van der Waals surface area contributed by atoms with Crippen LogP contribution >= 0.6 is 0 Å². The first kappa shape index (κ1) is 28.2.